The maximum absolute atomic E-state index is 6.25. The highest BCUT2D eigenvalue weighted by Gasteiger charge is 2.16. The molecule has 0 spiro atoms. The van der Waals surface area contributed by atoms with E-state index in [1.54, 1.807) is 0 Å². The number of tetrazole rings is 1. The van der Waals surface area contributed by atoms with E-state index < -0.39 is 0 Å². The molecule has 0 fully saturated rings. The number of ether oxygens (including phenoxy) is 2. The normalized spacial score (nSPS) is 11.8. The first-order chi connectivity index (χ1) is 16.9. The van der Waals surface area contributed by atoms with Gasteiger partial charge in [-0.15, -0.1) is 5.10 Å². The maximum Gasteiger partial charge on any atom is 0.179 e. The van der Waals surface area contributed by atoms with Gasteiger partial charge in [0.05, 0.1) is 13.2 Å². The second-order valence-corrected chi connectivity index (χ2v) is 10.3. The van der Waals surface area contributed by atoms with Crippen LogP contribution < -0.4 is 9.47 Å². The molecule has 0 atom stereocenters. The number of nitrogens with one attached hydrogen (secondary N) is 1. The van der Waals surface area contributed by atoms with Gasteiger partial charge >= 0.3 is 0 Å². The van der Waals surface area contributed by atoms with E-state index in [2.05, 4.69) is 77.3 Å². The fraction of sp³-hybridized carbons (Fsp3) is 0.464. The molecule has 0 saturated heterocycles. The Hall–Kier alpha value is -3.35. The molecule has 0 amide bonds. The van der Waals surface area contributed by atoms with Crippen LogP contribution in [0.5, 0.6) is 11.5 Å². The highest BCUT2D eigenvalue weighted by molar-refractivity contribution is 5.86. The van der Waals surface area contributed by atoms with Crippen LogP contribution in [-0.4, -0.2) is 38.4 Å². The lowest BCUT2D eigenvalue weighted by atomic mass is 9.97. The van der Waals surface area contributed by atoms with Crippen LogP contribution in [0.2, 0.25) is 0 Å². The summed E-state index contributed by atoms with van der Waals surface area (Å²) in [7, 11) is 0. The second-order valence-electron chi connectivity index (χ2n) is 10.3. The molecule has 1 N–H and O–H groups in total. The van der Waals surface area contributed by atoms with Crippen molar-refractivity contribution in [1.29, 1.82) is 0 Å². The summed E-state index contributed by atoms with van der Waals surface area (Å²) in [5.74, 6) is 2.54. The third kappa shape index (κ3) is 6.62. The van der Waals surface area contributed by atoms with Crippen molar-refractivity contribution in [1.82, 2.24) is 25.2 Å². The fourth-order valence-electron chi connectivity index (χ4n) is 4.35. The summed E-state index contributed by atoms with van der Waals surface area (Å²) >= 11 is 0. The van der Waals surface area contributed by atoms with E-state index in [-0.39, 0.29) is 5.41 Å². The van der Waals surface area contributed by atoms with Crippen molar-refractivity contribution in [2.45, 2.75) is 66.3 Å². The molecule has 4 aromatic rings. The van der Waals surface area contributed by atoms with Crippen LogP contribution >= 0.6 is 0 Å². The van der Waals surface area contributed by atoms with Gasteiger partial charge in [0.15, 0.2) is 5.82 Å². The Morgan fingerprint density at radius 2 is 1.69 bits per heavy atom. The number of fused-ring (bicyclic) bond motifs is 1. The molecule has 186 valence electrons. The van der Waals surface area contributed by atoms with Crippen molar-refractivity contribution in [2.75, 3.05) is 13.2 Å². The topological polar surface area (TPSA) is 77.8 Å². The van der Waals surface area contributed by atoms with E-state index in [4.69, 9.17) is 9.47 Å². The molecular weight excluding hydrogens is 438 g/mol. The molecule has 7 heteroatoms. The predicted octanol–water partition coefficient (Wildman–Crippen LogP) is 6.45. The first-order valence-corrected chi connectivity index (χ1v) is 12.6. The summed E-state index contributed by atoms with van der Waals surface area (Å²) in [5, 5.41) is 15.2. The molecule has 0 saturated carbocycles. The van der Waals surface area contributed by atoms with Gasteiger partial charge in [-0.25, -0.2) is 5.10 Å². The van der Waals surface area contributed by atoms with Crippen molar-refractivity contribution in [3.8, 4) is 22.9 Å². The number of aryl methyl sites for hydroxylation is 1. The SMILES string of the molecule is CCCc1c(OCCCCCOc2ccc(-c3nnn[nH]3)cc2)ccc2c1ccn2CC(C)(C)C. The lowest BCUT2D eigenvalue weighted by Gasteiger charge is -2.20. The van der Waals surface area contributed by atoms with E-state index in [1.807, 2.05) is 24.3 Å². The molecule has 35 heavy (non-hydrogen) atoms. The zero-order valence-electron chi connectivity index (χ0n) is 21.4. The predicted molar refractivity (Wildman–Crippen MR) is 140 cm³/mol. The van der Waals surface area contributed by atoms with Crippen LogP contribution in [-0.2, 0) is 13.0 Å². The Balaban J connectivity index is 1.23. The number of hydrogen-bond donors (Lipinski definition) is 1. The maximum atomic E-state index is 6.25. The molecule has 2 aromatic carbocycles. The molecular formula is C28H37N5O2. The van der Waals surface area contributed by atoms with E-state index in [0.29, 0.717) is 12.4 Å². The molecule has 4 rings (SSSR count). The number of hydrogen-bond acceptors (Lipinski definition) is 5. The van der Waals surface area contributed by atoms with Crippen molar-refractivity contribution in [3.63, 3.8) is 0 Å². The average molecular weight is 476 g/mol. The van der Waals surface area contributed by atoms with Crippen LogP contribution in [0.4, 0.5) is 0 Å². The molecule has 0 aliphatic rings. The lowest BCUT2D eigenvalue weighted by molar-refractivity contribution is 0.278. The van der Waals surface area contributed by atoms with Gasteiger partial charge in [-0.3, -0.25) is 0 Å². The summed E-state index contributed by atoms with van der Waals surface area (Å²) in [5.41, 5.74) is 3.82. The highest BCUT2D eigenvalue weighted by Crippen LogP contribution is 2.32. The summed E-state index contributed by atoms with van der Waals surface area (Å²) < 4.78 is 14.5. The van der Waals surface area contributed by atoms with Gasteiger partial charge in [0.2, 0.25) is 0 Å². The smallest absolute Gasteiger partial charge is 0.179 e. The summed E-state index contributed by atoms with van der Waals surface area (Å²) in [6.45, 7) is 11.5. The standard InChI is InChI=1S/C28H37N5O2/c1-5-9-24-23-16-17-33(20-28(2,3)4)25(23)14-15-26(24)35-19-8-6-7-18-34-22-12-10-21(11-13-22)27-29-31-32-30-27/h10-17H,5-9,18-20H2,1-4H3,(H,29,30,31,32). The van der Waals surface area contributed by atoms with Crippen LogP contribution in [0.15, 0.2) is 48.7 Å². The third-order valence-electron chi connectivity index (χ3n) is 5.95. The van der Waals surface area contributed by atoms with Crippen LogP contribution in [0.1, 0.15) is 58.9 Å². The van der Waals surface area contributed by atoms with Crippen LogP contribution in [0, 0.1) is 5.41 Å². The van der Waals surface area contributed by atoms with E-state index >= 15 is 0 Å². The Morgan fingerprint density at radius 1 is 0.914 bits per heavy atom. The number of benzene rings is 2. The van der Waals surface area contributed by atoms with E-state index in [0.717, 1.165) is 62.3 Å². The van der Waals surface area contributed by atoms with Crippen molar-refractivity contribution < 1.29 is 9.47 Å². The Labute approximate surface area is 207 Å². The molecule has 0 radical (unpaired) electrons. The monoisotopic (exact) mass is 475 g/mol. The molecule has 7 nitrogen and oxygen atoms in total. The Kier molecular flexibility index (Phi) is 8.06. The summed E-state index contributed by atoms with van der Waals surface area (Å²) in [6.07, 6.45) is 7.43. The van der Waals surface area contributed by atoms with Crippen molar-refractivity contribution in [2.24, 2.45) is 5.41 Å². The highest BCUT2D eigenvalue weighted by atomic mass is 16.5. The summed E-state index contributed by atoms with van der Waals surface area (Å²) in [6, 6.07) is 14.4. The number of unbranched alkanes of at least 4 members (excludes halogenated alkanes) is 2. The molecule has 2 aromatic heterocycles. The molecule has 0 bridgehead atoms. The van der Waals surface area contributed by atoms with Crippen LogP contribution in [0.3, 0.4) is 0 Å². The second kappa shape index (κ2) is 11.4. The number of H-pyrrole nitrogens is 1. The zero-order valence-corrected chi connectivity index (χ0v) is 21.4. The minimum atomic E-state index is 0.245. The number of nitrogens with zero attached hydrogens (tertiary/aromatic N) is 4. The quantitative estimate of drug-likeness (QED) is 0.238. The van der Waals surface area contributed by atoms with E-state index in [9.17, 15) is 0 Å². The van der Waals surface area contributed by atoms with Gasteiger partial charge < -0.3 is 14.0 Å². The van der Waals surface area contributed by atoms with Crippen molar-refractivity contribution >= 4 is 10.9 Å². The van der Waals surface area contributed by atoms with Crippen LogP contribution in [0.25, 0.3) is 22.3 Å². The van der Waals surface area contributed by atoms with Gasteiger partial charge in [-0.05, 0) is 84.0 Å². The Bertz CT molecular complexity index is 1190. The van der Waals surface area contributed by atoms with Gasteiger partial charge in [-0.1, -0.05) is 34.1 Å². The lowest BCUT2D eigenvalue weighted by Crippen LogP contribution is -2.14. The van der Waals surface area contributed by atoms with Crippen molar-refractivity contribution in [3.05, 3.63) is 54.2 Å². The first kappa shape index (κ1) is 24.8. The number of aromatic amines is 1. The van der Waals surface area contributed by atoms with Gasteiger partial charge in [-0.2, -0.15) is 0 Å². The number of rotatable bonds is 12. The van der Waals surface area contributed by atoms with Gasteiger partial charge in [0.1, 0.15) is 11.5 Å². The summed E-state index contributed by atoms with van der Waals surface area (Å²) in [4.78, 5) is 0. The van der Waals surface area contributed by atoms with Gasteiger partial charge in [0, 0.05) is 34.8 Å². The average Bonchev–Trinajstić information content (AvgIpc) is 3.50. The minimum Gasteiger partial charge on any atom is -0.494 e. The molecule has 2 heterocycles. The van der Waals surface area contributed by atoms with Gasteiger partial charge in [0.25, 0.3) is 0 Å². The molecule has 0 aliphatic heterocycles. The molecule has 0 aliphatic carbocycles. The Morgan fingerprint density at radius 3 is 2.37 bits per heavy atom. The minimum absolute atomic E-state index is 0.245. The molecule has 0 unspecified atom stereocenters. The fourth-order valence-corrected chi connectivity index (χ4v) is 4.35. The third-order valence-corrected chi connectivity index (χ3v) is 5.95. The largest absolute Gasteiger partial charge is 0.494 e. The first-order valence-electron chi connectivity index (χ1n) is 12.6. The van der Waals surface area contributed by atoms with E-state index in [1.165, 1.54) is 16.5 Å². The number of aromatic nitrogens is 5. The zero-order chi connectivity index (χ0) is 24.7.